The minimum absolute atomic E-state index is 0.134. The minimum atomic E-state index is -0.134. The molecule has 2 rings (SSSR count). The van der Waals surface area contributed by atoms with Gasteiger partial charge in [-0.25, -0.2) is 0 Å². The van der Waals surface area contributed by atoms with E-state index in [-0.39, 0.29) is 5.91 Å². The van der Waals surface area contributed by atoms with Gasteiger partial charge in [-0.1, -0.05) is 12.1 Å². The van der Waals surface area contributed by atoms with E-state index in [4.69, 9.17) is 5.73 Å². The predicted molar refractivity (Wildman–Crippen MR) is 70.2 cm³/mol. The van der Waals surface area contributed by atoms with E-state index in [2.05, 4.69) is 10.2 Å². The van der Waals surface area contributed by atoms with E-state index in [1.165, 1.54) is 12.4 Å². The van der Waals surface area contributed by atoms with Gasteiger partial charge in [-0.3, -0.25) is 4.79 Å². The maximum absolute atomic E-state index is 12.3. The molecule has 0 saturated carbocycles. The van der Waals surface area contributed by atoms with Crippen molar-refractivity contribution >= 4 is 17.3 Å². The summed E-state index contributed by atoms with van der Waals surface area (Å²) >= 11 is 0. The maximum atomic E-state index is 12.3. The van der Waals surface area contributed by atoms with Crippen LogP contribution >= 0.6 is 0 Å². The number of para-hydroxylation sites is 2. The molecule has 0 aliphatic heterocycles. The van der Waals surface area contributed by atoms with Crippen molar-refractivity contribution in [2.45, 2.75) is 6.92 Å². The van der Waals surface area contributed by atoms with Crippen LogP contribution in [0.15, 0.2) is 42.7 Å². The Morgan fingerprint density at radius 1 is 1.28 bits per heavy atom. The van der Waals surface area contributed by atoms with Crippen molar-refractivity contribution in [1.29, 1.82) is 0 Å². The van der Waals surface area contributed by atoms with Crippen LogP contribution in [0.2, 0.25) is 0 Å². The Morgan fingerprint density at radius 3 is 2.67 bits per heavy atom. The molecule has 5 heteroatoms. The van der Waals surface area contributed by atoms with Crippen molar-refractivity contribution in [3.05, 3.63) is 48.3 Å². The van der Waals surface area contributed by atoms with Crippen LogP contribution in [0, 0.1) is 0 Å². The molecule has 0 bridgehead atoms. The highest BCUT2D eigenvalue weighted by atomic mass is 16.2. The van der Waals surface area contributed by atoms with Gasteiger partial charge in [0.15, 0.2) is 0 Å². The zero-order chi connectivity index (χ0) is 13.0. The number of benzene rings is 1. The lowest BCUT2D eigenvalue weighted by Crippen LogP contribution is -2.31. The molecule has 1 aromatic heterocycles. The van der Waals surface area contributed by atoms with Crippen molar-refractivity contribution in [2.24, 2.45) is 0 Å². The van der Waals surface area contributed by atoms with Gasteiger partial charge >= 0.3 is 0 Å². The highest BCUT2D eigenvalue weighted by Crippen LogP contribution is 2.23. The fourth-order valence-electron chi connectivity index (χ4n) is 1.73. The molecule has 18 heavy (non-hydrogen) atoms. The van der Waals surface area contributed by atoms with Crippen molar-refractivity contribution in [3.8, 4) is 0 Å². The van der Waals surface area contributed by atoms with Crippen LogP contribution in [0.25, 0.3) is 0 Å². The lowest BCUT2D eigenvalue weighted by Gasteiger charge is -2.22. The number of anilines is 2. The Morgan fingerprint density at radius 2 is 2.06 bits per heavy atom. The average Bonchev–Trinajstić information content (AvgIpc) is 2.42. The smallest absolute Gasteiger partial charge is 0.260 e. The molecule has 0 saturated heterocycles. The number of nitrogens with zero attached hydrogens (tertiary/aromatic N) is 3. The zero-order valence-electron chi connectivity index (χ0n) is 10.1. The van der Waals surface area contributed by atoms with Gasteiger partial charge in [-0.2, -0.15) is 10.2 Å². The van der Waals surface area contributed by atoms with Crippen molar-refractivity contribution in [2.75, 3.05) is 17.2 Å². The standard InChI is InChI=1S/C13H14N4O/c1-2-17(12-6-4-3-5-11(12)14)13(18)10-7-8-15-16-9-10/h3-9H,2,14H2,1H3. The van der Waals surface area contributed by atoms with Gasteiger partial charge in [0.25, 0.3) is 5.91 Å². The summed E-state index contributed by atoms with van der Waals surface area (Å²) in [6.45, 7) is 2.44. The molecular weight excluding hydrogens is 228 g/mol. The van der Waals surface area contributed by atoms with Crippen LogP contribution in [-0.4, -0.2) is 22.6 Å². The highest BCUT2D eigenvalue weighted by molar-refractivity contribution is 6.07. The molecule has 2 N–H and O–H groups in total. The first-order valence-corrected chi connectivity index (χ1v) is 5.67. The highest BCUT2D eigenvalue weighted by Gasteiger charge is 2.17. The third-order valence-electron chi connectivity index (χ3n) is 2.62. The maximum Gasteiger partial charge on any atom is 0.260 e. The van der Waals surface area contributed by atoms with Gasteiger partial charge < -0.3 is 10.6 Å². The summed E-state index contributed by atoms with van der Waals surface area (Å²) < 4.78 is 0. The fourth-order valence-corrected chi connectivity index (χ4v) is 1.73. The molecule has 0 atom stereocenters. The molecular formula is C13H14N4O. The van der Waals surface area contributed by atoms with E-state index in [1.807, 2.05) is 25.1 Å². The molecule has 2 aromatic rings. The average molecular weight is 242 g/mol. The number of carbonyl (C=O) groups is 1. The Kier molecular flexibility index (Phi) is 3.52. The molecule has 0 aliphatic carbocycles. The Labute approximate surface area is 105 Å². The Hall–Kier alpha value is -2.43. The molecule has 1 heterocycles. The molecule has 0 radical (unpaired) electrons. The third-order valence-corrected chi connectivity index (χ3v) is 2.62. The van der Waals surface area contributed by atoms with Gasteiger partial charge in [-0.05, 0) is 25.1 Å². The van der Waals surface area contributed by atoms with Gasteiger partial charge in [0.05, 0.1) is 29.3 Å². The number of rotatable bonds is 3. The number of carbonyl (C=O) groups excluding carboxylic acids is 1. The Bertz CT molecular complexity index is 542. The third kappa shape index (κ3) is 2.29. The van der Waals surface area contributed by atoms with Crippen molar-refractivity contribution in [1.82, 2.24) is 10.2 Å². The first kappa shape index (κ1) is 12.0. The molecule has 1 amide bonds. The molecule has 5 nitrogen and oxygen atoms in total. The molecule has 0 spiro atoms. The van der Waals surface area contributed by atoms with E-state index in [0.717, 1.165) is 0 Å². The topological polar surface area (TPSA) is 72.1 Å². The molecule has 0 aliphatic rings. The zero-order valence-corrected chi connectivity index (χ0v) is 10.1. The molecule has 0 unspecified atom stereocenters. The van der Waals surface area contributed by atoms with Crippen LogP contribution in [0.1, 0.15) is 17.3 Å². The first-order valence-electron chi connectivity index (χ1n) is 5.67. The molecule has 0 fully saturated rings. The largest absolute Gasteiger partial charge is 0.397 e. The second-order valence-corrected chi connectivity index (χ2v) is 3.74. The number of hydrogen-bond donors (Lipinski definition) is 1. The SMILES string of the molecule is CCN(C(=O)c1ccnnc1)c1ccccc1N. The van der Waals surface area contributed by atoms with Crippen molar-refractivity contribution < 1.29 is 4.79 Å². The minimum Gasteiger partial charge on any atom is -0.397 e. The van der Waals surface area contributed by atoms with Crippen LogP contribution < -0.4 is 10.6 Å². The van der Waals surface area contributed by atoms with Crippen LogP contribution in [0.4, 0.5) is 11.4 Å². The second kappa shape index (κ2) is 5.27. The Balaban J connectivity index is 2.36. The molecule has 92 valence electrons. The normalized spacial score (nSPS) is 10.1. The summed E-state index contributed by atoms with van der Waals surface area (Å²) in [5.74, 6) is -0.134. The quantitative estimate of drug-likeness (QED) is 0.832. The van der Waals surface area contributed by atoms with Crippen LogP contribution in [-0.2, 0) is 0 Å². The lowest BCUT2D eigenvalue weighted by molar-refractivity contribution is 0.0988. The summed E-state index contributed by atoms with van der Waals surface area (Å²) in [7, 11) is 0. The predicted octanol–water partition coefficient (Wildman–Crippen LogP) is 1.73. The summed E-state index contributed by atoms with van der Waals surface area (Å²) in [6, 6.07) is 8.93. The number of hydrogen-bond acceptors (Lipinski definition) is 4. The lowest BCUT2D eigenvalue weighted by atomic mass is 10.2. The van der Waals surface area contributed by atoms with E-state index >= 15 is 0 Å². The van der Waals surface area contributed by atoms with Gasteiger partial charge in [0, 0.05) is 6.54 Å². The summed E-state index contributed by atoms with van der Waals surface area (Å²) in [4.78, 5) is 13.9. The van der Waals surface area contributed by atoms with Crippen LogP contribution in [0.3, 0.4) is 0 Å². The monoisotopic (exact) mass is 242 g/mol. The number of nitrogens with two attached hydrogens (primary N) is 1. The first-order chi connectivity index (χ1) is 8.74. The van der Waals surface area contributed by atoms with Gasteiger partial charge in [0.2, 0.25) is 0 Å². The van der Waals surface area contributed by atoms with Gasteiger partial charge in [-0.15, -0.1) is 0 Å². The van der Waals surface area contributed by atoms with E-state index in [1.54, 1.807) is 17.0 Å². The summed E-state index contributed by atoms with van der Waals surface area (Å²) in [5, 5.41) is 7.37. The number of amides is 1. The number of nitrogen functional groups attached to an aromatic ring is 1. The summed E-state index contributed by atoms with van der Waals surface area (Å²) in [5.41, 5.74) is 7.67. The van der Waals surface area contributed by atoms with Crippen LogP contribution in [0.5, 0.6) is 0 Å². The van der Waals surface area contributed by atoms with E-state index in [0.29, 0.717) is 23.5 Å². The summed E-state index contributed by atoms with van der Waals surface area (Å²) in [6.07, 6.45) is 2.94. The van der Waals surface area contributed by atoms with E-state index < -0.39 is 0 Å². The fraction of sp³-hybridized carbons (Fsp3) is 0.154. The van der Waals surface area contributed by atoms with Gasteiger partial charge in [0.1, 0.15) is 0 Å². The van der Waals surface area contributed by atoms with Crippen molar-refractivity contribution in [3.63, 3.8) is 0 Å². The number of aromatic nitrogens is 2. The van der Waals surface area contributed by atoms with E-state index in [9.17, 15) is 4.79 Å². The second-order valence-electron chi connectivity index (χ2n) is 3.74. The molecule has 1 aromatic carbocycles.